The van der Waals surface area contributed by atoms with E-state index in [-0.39, 0.29) is 18.2 Å². The topological polar surface area (TPSA) is 118 Å². The molecule has 1 aromatic heterocycles. The SMILES string of the molecule is O=C(Nc1ccoc1C(=O)NCC(C(=O)O)C(F)(F)F)OCC1c2ccccc2-c2ccccc21. The fourth-order valence-corrected chi connectivity index (χ4v) is 3.95. The Morgan fingerprint density at radius 3 is 2.17 bits per heavy atom. The lowest BCUT2D eigenvalue weighted by Gasteiger charge is -2.16. The Hall–Kier alpha value is -4.28. The molecule has 8 nitrogen and oxygen atoms in total. The zero-order valence-corrected chi connectivity index (χ0v) is 18.0. The van der Waals surface area contributed by atoms with Gasteiger partial charge in [-0.25, -0.2) is 4.79 Å². The van der Waals surface area contributed by atoms with Crippen molar-refractivity contribution >= 4 is 23.7 Å². The summed E-state index contributed by atoms with van der Waals surface area (Å²) in [5.74, 6) is -6.74. The molecule has 0 saturated carbocycles. The molecule has 0 fully saturated rings. The number of hydrogen-bond donors (Lipinski definition) is 3. The van der Waals surface area contributed by atoms with E-state index in [9.17, 15) is 27.6 Å². The van der Waals surface area contributed by atoms with Crippen LogP contribution in [0, 0.1) is 5.92 Å². The average Bonchev–Trinajstić information content (AvgIpc) is 3.39. The second-order valence-electron chi connectivity index (χ2n) is 7.76. The molecule has 0 aliphatic heterocycles. The van der Waals surface area contributed by atoms with Crippen molar-refractivity contribution in [1.82, 2.24) is 5.32 Å². The number of carboxylic acids is 1. The summed E-state index contributed by atoms with van der Waals surface area (Å²) in [5.41, 5.74) is 3.96. The number of rotatable bonds is 7. The number of ether oxygens (including phenoxy) is 1. The molecular weight excluding hydrogens is 469 g/mol. The maximum absolute atomic E-state index is 12.8. The lowest BCUT2D eigenvalue weighted by molar-refractivity contribution is -0.192. The van der Waals surface area contributed by atoms with Gasteiger partial charge in [-0.2, -0.15) is 13.2 Å². The van der Waals surface area contributed by atoms with E-state index in [4.69, 9.17) is 14.3 Å². The molecule has 182 valence electrons. The minimum atomic E-state index is -5.05. The number of nitrogens with one attached hydrogen (secondary N) is 2. The Labute approximate surface area is 196 Å². The first kappa shape index (κ1) is 23.9. The molecule has 0 radical (unpaired) electrons. The summed E-state index contributed by atoms with van der Waals surface area (Å²) >= 11 is 0. The first-order valence-corrected chi connectivity index (χ1v) is 10.4. The fourth-order valence-electron chi connectivity index (χ4n) is 3.95. The van der Waals surface area contributed by atoms with Crippen LogP contribution >= 0.6 is 0 Å². The fraction of sp³-hybridized carbons (Fsp3) is 0.208. The molecule has 2 aromatic carbocycles. The van der Waals surface area contributed by atoms with E-state index in [2.05, 4.69) is 5.32 Å². The minimum absolute atomic E-state index is 0.00507. The van der Waals surface area contributed by atoms with E-state index in [1.165, 1.54) is 6.07 Å². The molecule has 1 heterocycles. The van der Waals surface area contributed by atoms with Gasteiger partial charge in [0.1, 0.15) is 6.61 Å². The van der Waals surface area contributed by atoms with Gasteiger partial charge in [0, 0.05) is 18.5 Å². The van der Waals surface area contributed by atoms with Gasteiger partial charge in [-0.3, -0.25) is 14.9 Å². The minimum Gasteiger partial charge on any atom is -0.481 e. The predicted octanol–water partition coefficient (Wildman–Crippen LogP) is 4.63. The van der Waals surface area contributed by atoms with E-state index in [1.54, 1.807) is 0 Å². The number of fused-ring (bicyclic) bond motifs is 3. The lowest BCUT2D eigenvalue weighted by Crippen LogP contribution is -2.41. The third-order valence-corrected chi connectivity index (χ3v) is 5.61. The highest BCUT2D eigenvalue weighted by molar-refractivity contribution is 6.00. The Morgan fingerprint density at radius 2 is 1.60 bits per heavy atom. The van der Waals surface area contributed by atoms with Crippen LogP contribution in [-0.2, 0) is 9.53 Å². The number of anilines is 1. The van der Waals surface area contributed by atoms with E-state index in [1.807, 2.05) is 53.8 Å². The van der Waals surface area contributed by atoms with Gasteiger partial charge < -0.3 is 19.6 Å². The van der Waals surface area contributed by atoms with Gasteiger partial charge in [0.15, 0.2) is 5.92 Å². The molecule has 1 atom stereocenters. The Balaban J connectivity index is 1.39. The van der Waals surface area contributed by atoms with E-state index >= 15 is 0 Å². The van der Waals surface area contributed by atoms with Crippen LogP contribution < -0.4 is 10.6 Å². The van der Waals surface area contributed by atoms with Crippen LogP contribution in [0.25, 0.3) is 11.1 Å². The van der Waals surface area contributed by atoms with Crippen LogP contribution in [0.5, 0.6) is 0 Å². The van der Waals surface area contributed by atoms with E-state index in [0.29, 0.717) is 0 Å². The number of carbonyl (C=O) groups excluding carboxylic acids is 2. The van der Waals surface area contributed by atoms with Crippen molar-refractivity contribution in [1.29, 1.82) is 0 Å². The number of carbonyl (C=O) groups is 3. The van der Waals surface area contributed by atoms with Gasteiger partial charge in [-0.15, -0.1) is 0 Å². The van der Waals surface area contributed by atoms with Crippen LogP contribution in [-0.4, -0.2) is 42.4 Å². The van der Waals surface area contributed by atoms with Gasteiger partial charge in [0.25, 0.3) is 5.91 Å². The molecule has 1 aliphatic rings. The molecule has 3 aromatic rings. The second-order valence-corrected chi connectivity index (χ2v) is 7.76. The van der Waals surface area contributed by atoms with Crippen molar-refractivity contribution in [3.8, 4) is 11.1 Å². The van der Waals surface area contributed by atoms with Gasteiger partial charge in [-0.05, 0) is 22.3 Å². The molecule has 0 bridgehead atoms. The molecule has 2 amide bonds. The highest BCUT2D eigenvalue weighted by atomic mass is 19.4. The summed E-state index contributed by atoms with van der Waals surface area (Å²) in [6.07, 6.45) is -4.90. The van der Waals surface area contributed by atoms with E-state index in [0.717, 1.165) is 28.5 Å². The summed E-state index contributed by atoms with van der Waals surface area (Å²) in [7, 11) is 0. The molecule has 0 spiro atoms. The zero-order chi connectivity index (χ0) is 25.2. The number of halogens is 3. The Kier molecular flexibility index (Phi) is 6.50. The van der Waals surface area contributed by atoms with Crippen LogP contribution in [0.3, 0.4) is 0 Å². The number of carboxylic acid groups (broad SMARTS) is 1. The number of furan rings is 1. The Bertz CT molecular complexity index is 1220. The maximum Gasteiger partial charge on any atom is 0.411 e. The smallest absolute Gasteiger partial charge is 0.411 e. The average molecular weight is 488 g/mol. The molecule has 3 N–H and O–H groups in total. The third-order valence-electron chi connectivity index (χ3n) is 5.61. The van der Waals surface area contributed by atoms with Crippen molar-refractivity contribution in [3.05, 3.63) is 77.7 Å². The predicted molar refractivity (Wildman–Crippen MR) is 117 cm³/mol. The molecule has 1 aliphatic carbocycles. The van der Waals surface area contributed by atoms with Crippen molar-refractivity contribution in [2.75, 3.05) is 18.5 Å². The molecule has 35 heavy (non-hydrogen) atoms. The standard InChI is InChI=1S/C24H19F3N2O6/c25-24(26,27)18(22(31)32)11-28-21(30)20-19(9-10-34-20)29-23(33)35-12-17-15-7-3-1-5-13(15)14-6-2-4-8-16(14)17/h1-10,17-18H,11-12H2,(H,28,30)(H,29,33)(H,31,32). The summed E-state index contributed by atoms with van der Waals surface area (Å²) in [4.78, 5) is 35.5. The van der Waals surface area contributed by atoms with Crippen molar-refractivity contribution in [2.45, 2.75) is 12.1 Å². The second kappa shape index (κ2) is 9.53. The Morgan fingerprint density at radius 1 is 1.00 bits per heavy atom. The quantitative estimate of drug-likeness (QED) is 0.446. The van der Waals surface area contributed by atoms with Gasteiger partial charge >= 0.3 is 18.2 Å². The summed E-state index contributed by atoms with van der Waals surface area (Å²) < 4.78 is 48.7. The van der Waals surface area contributed by atoms with Gasteiger partial charge in [-0.1, -0.05) is 48.5 Å². The van der Waals surface area contributed by atoms with E-state index < -0.39 is 42.4 Å². The van der Waals surface area contributed by atoms with Crippen molar-refractivity contribution in [2.24, 2.45) is 5.92 Å². The molecule has 0 saturated heterocycles. The van der Waals surface area contributed by atoms with Crippen molar-refractivity contribution in [3.63, 3.8) is 0 Å². The lowest BCUT2D eigenvalue weighted by atomic mass is 9.98. The number of benzene rings is 2. The van der Waals surface area contributed by atoms with Crippen molar-refractivity contribution < 1.29 is 41.8 Å². The number of aliphatic carboxylic acids is 1. The van der Waals surface area contributed by atoms with Crippen LogP contribution in [0.2, 0.25) is 0 Å². The van der Waals surface area contributed by atoms with Crippen LogP contribution in [0.15, 0.2) is 65.3 Å². The molecule has 1 unspecified atom stereocenters. The van der Waals surface area contributed by atoms with Crippen LogP contribution in [0.1, 0.15) is 27.6 Å². The summed E-state index contributed by atoms with van der Waals surface area (Å²) in [6.45, 7) is -1.20. The first-order valence-electron chi connectivity index (χ1n) is 10.4. The summed E-state index contributed by atoms with van der Waals surface area (Å²) in [5, 5.41) is 12.9. The third kappa shape index (κ3) is 4.98. The number of hydrogen-bond acceptors (Lipinski definition) is 5. The highest BCUT2D eigenvalue weighted by Gasteiger charge is 2.45. The van der Waals surface area contributed by atoms with Gasteiger partial charge in [0.2, 0.25) is 5.76 Å². The van der Waals surface area contributed by atoms with Crippen LogP contribution in [0.4, 0.5) is 23.7 Å². The summed E-state index contributed by atoms with van der Waals surface area (Å²) in [6, 6.07) is 16.7. The normalized spacial score (nSPS) is 13.5. The zero-order valence-electron chi connectivity index (χ0n) is 18.0. The number of amides is 2. The first-order chi connectivity index (χ1) is 16.7. The maximum atomic E-state index is 12.8. The number of alkyl halides is 3. The molecule has 4 rings (SSSR count). The van der Waals surface area contributed by atoms with Gasteiger partial charge in [0.05, 0.1) is 12.0 Å². The highest BCUT2D eigenvalue weighted by Crippen LogP contribution is 2.44. The molecular formula is C24H19F3N2O6. The molecule has 11 heteroatoms. The monoisotopic (exact) mass is 488 g/mol. The largest absolute Gasteiger partial charge is 0.481 e.